The molecule has 31 heavy (non-hydrogen) atoms. The predicted octanol–water partition coefficient (Wildman–Crippen LogP) is 6.18. The first-order chi connectivity index (χ1) is 14.8. The first-order valence-corrected chi connectivity index (χ1v) is 12.5. The second kappa shape index (κ2) is 14.2. The molecule has 0 unspecified atom stereocenters. The van der Waals surface area contributed by atoms with Gasteiger partial charge in [0.15, 0.2) is 0 Å². The van der Waals surface area contributed by atoms with Gasteiger partial charge < -0.3 is 15.0 Å². The zero-order valence-corrected chi connectivity index (χ0v) is 21.0. The minimum atomic E-state index is -0.506. The Labute approximate surface area is 191 Å². The van der Waals surface area contributed by atoms with Crippen molar-refractivity contribution in [3.63, 3.8) is 0 Å². The molecule has 176 valence electrons. The summed E-state index contributed by atoms with van der Waals surface area (Å²) in [5.41, 5.74) is 0.862. The number of thiophene rings is 1. The molecule has 1 rings (SSSR count). The summed E-state index contributed by atoms with van der Waals surface area (Å²) in [6, 6.07) is 0. The summed E-state index contributed by atoms with van der Waals surface area (Å²) in [4.78, 5) is 40.3. The van der Waals surface area contributed by atoms with Crippen LogP contribution in [0.2, 0.25) is 0 Å². The molecule has 1 aromatic rings. The maximum atomic E-state index is 12.9. The van der Waals surface area contributed by atoms with Gasteiger partial charge in [-0.15, -0.1) is 11.3 Å². The first kappa shape index (κ1) is 27.1. The van der Waals surface area contributed by atoms with E-state index in [1.54, 1.807) is 25.7 Å². The van der Waals surface area contributed by atoms with Crippen LogP contribution in [-0.2, 0) is 9.53 Å². The molecule has 0 atom stereocenters. The summed E-state index contributed by atoms with van der Waals surface area (Å²) in [7, 11) is 0. The van der Waals surface area contributed by atoms with Crippen LogP contribution in [0.25, 0.3) is 0 Å². The second-order valence-electron chi connectivity index (χ2n) is 8.11. The zero-order chi connectivity index (χ0) is 23.4. The van der Waals surface area contributed by atoms with E-state index in [0.717, 1.165) is 19.3 Å². The Bertz CT molecular complexity index is 723. The Hall–Kier alpha value is -1.89. The number of anilines is 1. The molecule has 0 radical (unpaired) electrons. The van der Waals surface area contributed by atoms with Crippen molar-refractivity contribution in [2.24, 2.45) is 0 Å². The second-order valence-corrected chi connectivity index (χ2v) is 9.13. The molecule has 6 nitrogen and oxygen atoms in total. The highest BCUT2D eigenvalue weighted by atomic mass is 32.1. The van der Waals surface area contributed by atoms with E-state index in [2.05, 4.69) is 12.2 Å². The van der Waals surface area contributed by atoms with Crippen molar-refractivity contribution in [2.45, 2.75) is 99.0 Å². The van der Waals surface area contributed by atoms with Crippen LogP contribution in [0.5, 0.6) is 0 Å². The van der Waals surface area contributed by atoms with Crippen LogP contribution in [0.3, 0.4) is 0 Å². The number of hydrogen-bond acceptors (Lipinski definition) is 5. The third-order valence-electron chi connectivity index (χ3n) is 5.20. The van der Waals surface area contributed by atoms with E-state index in [-0.39, 0.29) is 17.9 Å². The maximum absolute atomic E-state index is 12.9. The van der Waals surface area contributed by atoms with Gasteiger partial charge in [-0.1, -0.05) is 45.4 Å². The molecule has 0 spiro atoms. The Balaban J connectivity index is 2.91. The highest BCUT2D eigenvalue weighted by Crippen LogP contribution is 2.35. The lowest BCUT2D eigenvalue weighted by Gasteiger charge is -2.18. The standard InChI is InChI=1S/C24H40N2O4S/c1-7-10-11-12-13-14-15-16-19(27)25-22-20(24(29)30-17(4)5)18(6)21(31-22)23(28)26(8-2)9-3/h17H,7-16H2,1-6H3,(H,25,27). The van der Waals surface area contributed by atoms with E-state index in [0.29, 0.717) is 40.5 Å². The van der Waals surface area contributed by atoms with Crippen LogP contribution in [0.1, 0.15) is 112 Å². The summed E-state index contributed by atoms with van der Waals surface area (Å²) in [5.74, 6) is -0.762. The number of carbonyl (C=O) groups excluding carboxylic acids is 3. The number of amides is 2. The summed E-state index contributed by atoms with van der Waals surface area (Å²) in [5, 5.41) is 3.28. The number of unbranched alkanes of at least 4 members (excludes halogenated alkanes) is 6. The maximum Gasteiger partial charge on any atom is 0.341 e. The fourth-order valence-electron chi connectivity index (χ4n) is 3.41. The van der Waals surface area contributed by atoms with Crippen molar-refractivity contribution < 1.29 is 19.1 Å². The summed E-state index contributed by atoms with van der Waals surface area (Å²) in [6.45, 7) is 12.5. The summed E-state index contributed by atoms with van der Waals surface area (Å²) >= 11 is 1.17. The van der Waals surface area contributed by atoms with Crippen LogP contribution in [0, 0.1) is 6.92 Å². The largest absolute Gasteiger partial charge is 0.459 e. The molecule has 7 heteroatoms. The van der Waals surface area contributed by atoms with Gasteiger partial charge in [-0.2, -0.15) is 0 Å². The van der Waals surface area contributed by atoms with Crippen LogP contribution < -0.4 is 5.32 Å². The third kappa shape index (κ3) is 8.63. The fourth-order valence-corrected chi connectivity index (χ4v) is 4.59. The smallest absolute Gasteiger partial charge is 0.341 e. The molecular formula is C24H40N2O4S. The molecule has 1 aromatic heterocycles. The van der Waals surface area contributed by atoms with E-state index in [4.69, 9.17) is 4.74 Å². The number of carbonyl (C=O) groups is 3. The molecule has 0 bridgehead atoms. The lowest BCUT2D eigenvalue weighted by molar-refractivity contribution is -0.116. The van der Waals surface area contributed by atoms with E-state index in [9.17, 15) is 14.4 Å². The van der Waals surface area contributed by atoms with Crippen LogP contribution >= 0.6 is 11.3 Å². The quantitative estimate of drug-likeness (QED) is 0.270. The van der Waals surface area contributed by atoms with Crippen molar-refractivity contribution in [3.8, 4) is 0 Å². The Kier molecular flexibility index (Phi) is 12.5. The Morgan fingerprint density at radius 2 is 1.55 bits per heavy atom. The molecule has 0 fully saturated rings. The average molecular weight is 453 g/mol. The van der Waals surface area contributed by atoms with Gasteiger partial charge >= 0.3 is 5.97 Å². The van der Waals surface area contributed by atoms with Gasteiger partial charge in [0.1, 0.15) is 5.00 Å². The van der Waals surface area contributed by atoms with Gasteiger partial charge in [-0.3, -0.25) is 9.59 Å². The third-order valence-corrected chi connectivity index (χ3v) is 6.39. The minimum absolute atomic E-state index is 0.126. The zero-order valence-electron chi connectivity index (χ0n) is 20.1. The van der Waals surface area contributed by atoms with Crippen molar-refractivity contribution in [1.82, 2.24) is 4.90 Å². The molecule has 2 amide bonds. The summed E-state index contributed by atoms with van der Waals surface area (Å²) < 4.78 is 5.38. The van der Waals surface area contributed by atoms with Crippen molar-refractivity contribution in [2.75, 3.05) is 18.4 Å². The SMILES string of the molecule is CCCCCCCCCC(=O)Nc1sc(C(=O)N(CC)CC)c(C)c1C(=O)OC(C)C. The normalized spacial score (nSPS) is 10.9. The van der Waals surface area contributed by atoms with Crippen molar-refractivity contribution in [3.05, 3.63) is 16.0 Å². The number of rotatable bonds is 14. The predicted molar refractivity (Wildman–Crippen MR) is 128 cm³/mol. The lowest BCUT2D eigenvalue weighted by atomic mass is 10.1. The molecule has 0 saturated carbocycles. The molecule has 0 aliphatic heterocycles. The molecule has 1 heterocycles. The number of nitrogens with one attached hydrogen (secondary N) is 1. The number of esters is 1. The van der Waals surface area contributed by atoms with Gasteiger partial charge in [0.05, 0.1) is 16.5 Å². The monoisotopic (exact) mass is 452 g/mol. The first-order valence-electron chi connectivity index (χ1n) is 11.7. The van der Waals surface area contributed by atoms with Gasteiger partial charge in [-0.25, -0.2) is 4.79 Å². The molecule has 0 aromatic carbocycles. The lowest BCUT2D eigenvalue weighted by Crippen LogP contribution is -2.30. The van der Waals surface area contributed by atoms with Crippen molar-refractivity contribution >= 4 is 34.1 Å². The van der Waals surface area contributed by atoms with E-state index in [1.807, 2.05) is 13.8 Å². The van der Waals surface area contributed by atoms with E-state index < -0.39 is 5.97 Å². The van der Waals surface area contributed by atoms with Gasteiger partial charge in [0.2, 0.25) is 5.91 Å². The minimum Gasteiger partial charge on any atom is -0.459 e. The molecule has 0 aliphatic rings. The highest BCUT2D eigenvalue weighted by Gasteiger charge is 2.28. The van der Waals surface area contributed by atoms with E-state index in [1.165, 1.54) is 37.0 Å². The Morgan fingerprint density at radius 3 is 2.10 bits per heavy atom. The van der Waals surface area contributed by atoms with Crippen LogP contribution in [0.4, 0.5) is 5.00 Å². The number of hydrogen-bond donors (Lipinski definition) is 1. The fraction of sp³-hybridized carbons (Fsp3) is 0.708. The van der Waals surface area contributed by atoms with Gasteiger partial charge in [0.25, 0.3) is 5.91 Å². The Morgan fingerprint density at radius 1 is 0.968 bits per heavy atom. The number of ether oxygens (including phenoxy) is 1. The van der Waals surface area contributed by atoms with Gasteiger partial charge in [-0.05, 0) is 46.6 Å². The molecular weight excluding hydrogens is 412 g/mol. The summed E-state index contributed by atoms with van der Waals surface area (Å²) in [6.07, 6.45) is 8.05. The van der Waals surface area contributed by atoms with Crippen molar-refractivity contribution in [1.29, 1.82) is 0 Å². The molecule has 1 N–H and O–H groups in total. The van der Waals surface area contributed by atoms with Crippen LogP contribution in [-0.4, -0.2) is 41.9 Å². The van der Waals surface area contributed by atoms with Gasteiger partial charge in [0, 0.05) is 19.5 Å². The van der Waals surface area contributed by atoms with Crippen LogP contribution in [0.15, 0.2) is 0 Å². The van der Waals surface area contributed by atoms with E-state index >= 15 is 0 Å². The molecule has 0 saturated heterocycles. The molecule has 0 aliphatic carbocycles. The number of nitrogens with zero attached hydrogens (tertiary/aromatic N) is 1. The average Bonchev–Trinajstić information content (AvgIpc) is 3.03. The highest BCUT2D eigenvalue weighted by molar-refractivity contribution is 7.18. The topological polar surface area (TPSA) is 75.7 Å².